The van der Waals surface area contributed by atoms with Crippen LogP contribution in [0.5, 0.6) is 0 Å². The van der Waals surface area contributed by atoms with Crippen LogP contribution in [-0.4, -0.2) is 4.98 Å². The summed E-state index contributed by atoms with van der Waals surface area (Å²) in [6, 6.07) is 4.06. The molecule has 2 rings (SSSR count). The number of hydrogen-bond donors (Lipinski definition) is 1. The number of halogens is 2. The van der Waals surface area contributed by atoms with Gasteiger partial charge in [0.25, 0.3) is 6.01 Å². The first-order valence-electron chi connectivity index (χ1n) is 3.83. The van der Waals surface area contributed by atoms with E-state index >= 15 is 0 Å². The monoisotopic (exact) mass is 212 g/mol. The quantitative estimate of drug-likeness (QED) is 0.791. The van der Waals surface area contributed by atoms with Gasteiger partial charge in [0.15, 0.2) is 5.76 Å². The summed E-state index contributed by atoms with van der Waals surface area (Å²) in [6.07, 6.45) is 1.44. The first-order valence-corrected chi connectivity index (χ1v) is 4.21. The van der Waals surface area contributed by atoms with Crippen molar-refractivity contribution in [3.63, 3.8) is 0 Å². The number of nitrogens with zero attached hydrogens (tertiary/aromatic N) is 1. The van der Waals surface area contributed by atoms with Gasteiger partial charge in [-0.05, 0) is 18.2 Å². The van der Waals surface area contributed by atoms with Crippen molar-refractivity contribution in [1.82, 2.24) is 4.98 Å². The molecule has 0 spiro atoms. The van der Waals surface area contributed by atoms with E-state index in [1.807, 2.05) is 0 Å². The summed E-state index contributed by atoms with van der Waals surface area (Å²) in [5.74, 6) is 0.0266. The largest absolute Gasteiger partial charge is 0.424 e. The molecule has 3 nitrogen and oxygen atoms in total. The van der Waals surface area contributed by atoms with Gasteiger partial charge < -0.3 is 10.2 Å². The van der Waals surface area contributed by atoms with Crippen molar-refractivity contribution >= 4 is 17.6 Å². The lowest BCUT2D eigenvalue weighted by Crippen LogP contribution is -1.80. The van der Waals surface area contributed by atoms with E-state index in [4.69, 9.17) is 21.8 Å². The molecular formula is C9H6ClFN2O. The summed E-state index contributed by atoms with van der Waals surface area (Å²) in [7, 11) is 0. The summed E-state index contributed by atoms with van der Waals surface area (Å²) in [4.78, 5) is 3.72. The average Bonchev–Trinajstić information content (AvgIpc) is 2.51. The first kappa shape index (κ1) is 9.02. The van der Waals surface area contributed by atoms with Gasteiger partial charge in [0, 0.05) is 5.56 Å². The van der Waals surface area contributed by atoms with Crippen LogP contribution >= 0.6 is 11.6 Å². The van der Waals surface area contributed by atoms with Crippen LogP contribution in [-0.2, 0) is 0 Å². The van der Waals surface area contributed by atoms with Crippen LogP contribution in [0.4, 0.5) is 10.4 Å². The number of anilines is 1. The van der Waals surface area contributed by atoms with Crippen LogP contribution in [0, 0.1) is 5.82 Å². The smallest absolute Gasteiger partial charge is 0.292 e. The van der Waals surface area contributed by atoms with Crippen LogP contribution in [0.3, 0.4) is 0 Å². The van der Waals surface area contributed by atoms with Crippen molar-refractivity contribution in [2.75, 3.05) is 5.73 Å². The maximum absolute atomic E-state index is 12.7. The molecule has 5 heteroatoms. The normalized spacial score (nSPS) is 10.4. The van der Waals surface area contributed by atoms with Crippen LogP contribution in [0.15, 0.2) is 28.8 Å². The van der Waals surface area contributed by atoms with E-state index in [-0.39, 0.29) is 11.0 Å². The van der Waals surface area contributed by atoms with Gasteiger partial charge in [-0.3, -0.25) is 0 Å². The van der Waals surface area contributed by atoms with E-state index in [9.17, 15) is 4.39 Å². The predicted molar refractivity (Wildman–Crippen MR) is 51.3 cm³/mol. The highest BCUT2D eigenvalue weighted by Crippen LogP contribution is 2.29. The Morgan fingerprint density at radius 1 is 1.43 bits per heavy atom. The third-order valence-corrected chi connectivity index (χ3v) is 2.03. The fraction of sp³-hybridized carbons (Fsp3) is 0. The molecule has 0 bridgehead atoms. The van der Waals surface area contributed by atoms with E-state index in [1.165, 1.54) is 24.4 Å². The number of nitrogen functional groups attached to an aromatic ring is 1. The maximum atomic E-state index is 12.7. The molecule has 0 saturated heterocycles. The summed E-state index contributed by atoms with van der Waals surface area (Å²) in [5, 5.41) is 0.265. The average molecular weight is 213 g/mol. The molecule has 14 heavy (non-hydrogen) atoms. The van der Waals surface area contributed by atoms with Crippen molar-refractivity contribution in [2.24, 2.45) is 0 Å². The molecule has 0 aliphatic heterocycles. The number of benzene rings is 1. The SMILES string of the molecule is Nc1ncc(-c2ccc(F)cc2Cl)o1. The zero-order valence-electron chi connectivity index (χ0n) is 7.00. The molecule has 0 aliphatic carbocycles. The van der Waals surface area contributed by atoms with Gasteiger partial charge in [0.2, 0.25) is 0 Å². The lowest BCUT2D eigenvalue weighted by atomic mass is 10.2. The Morgan fingerprint density at radius 3 is 2.79 bits per heavy atom. The second-order valence-electron chi connectivity index (χ2n) is 2.69. The topological polar surface area (TPSA) is 52.0 Å². The van der Waals surface area contributed by atoms with Gasteiger partial charge in [0.1, 0.15) is 5.82 Å². The molecule has 0 aliphatic rings. The standard InChI is InChI=1S/C9H6ClFN2O/c10-7-3-5(11)1-2-6(7)8-4-13-9(12)14-8/h1-4H,(H2,12,13). The van der Waals surface area contributed by atoms with E-state index in [2.05, 4.69) is 4.98 Å². The predicted octanol–water partition coefficient (Wildman–Crippen LogP) is 2.72. The summed E-state index contributed by atoms with van der Waals surface area (Å²) < 4.78 is 17.8. The van der Waals surface area contributed by atoms with Gasteiger partial charge in [-0.15, -0.1) is 0 Å². The van der Waals surface area contributed by atoms with E-state index in [1.54, 1.807) is 0 Å². The lowest BCUT2D eigenvalue weighted by Gasteiger charge is -1.98. The zero-order chi connectivity index (χ0) is 10.1. The minimum atomic E-state index is -0.397. The zero-order valence-corrected chi connectivity index (χ0v) is 7.75. The Bertz CT molecular complexity index is 470. The maximum Gasteiger partial charge on any atom is 0.292 e. The highest BCUT2D eigenvalue weighted by atomic mass is 35.5. The number of oxazole rings is 1. The molecule has 1 aromatic carbocycles. The Balaban J connectivity index is 2.52. The molecule has 0 unspecified atom stereocenters. The van der Waals surface area contributed by atoms with E-state index in [0.717, 1.165) is 0 Å². The van der Waals surface area contributed by atoms with Gasteiger partial charge in [-0.25, -0.2) is 9.37 Å². The summed E-state index contributed by atoms with van der Waals surface area (Å²) in [6.45, 7) is 0. The molecular weight excluding hydrogens is 207 g/mol. The Morgan fingerprint density at radius 2 is 2.21 bits per heavy atom. The van der Waals surface area contributed by atoms with Crippen molar-refractivity contribution in [3.05, 3.63) is 35.2 Å². The molecule has 2 aromatic rings. The van der Waals surface area contributed by atoms with E-state index < -0.39 is 5.82 Å². The number of hydrogen-bond acceptors (Lipinski definition) is 3. The van der Waals surface area contributed by atoms with Gasteiger partial charge in [0.05, 0.1) is 11.2 Å². The molecule has 0 atom stereocenters. The van der Waals surface area contributed by atoms with Crippen molar-refractivity contribution < 1.29 is 8.81 Å². The van der Waals surface area contributed by atoms with Crippen LogP contribution in [0.2, 0.25) is 5.02 Å². The van der Waals surface area contributed by atoms with E-state index in [0.29, 0.717) is 11.3 Å². The molecule has 0 fully saturated rings. The van der Waals surface area contributed by atoms with Gasteiger partial charge >= 0.3 is 0 Å². The Hall–Kier alpha value is -1.55. The Kier molecular flexibility index (Phi) is 2.13. The third kappa shape index (κ3) is 1.56. The highest BCUT2D eigenvalue weighted by molar-refractivity contribution is 6.33. The molecule has 1 aromatic heterocycles. The minimum Gasteiger partial charge on any atom is -0.424 e. The molecule has 1 heterocycles. The second kappa shape index (κ2) is 3.31. The molecule has 72 valence electrons. The Labute approximate surface area is 84.3 Å². The van der Waals surface area contributed by atoms with Gasteiger partial charge in [-0.2, -0.15) is 0 Å². The van der Waals surface area contributed by atoms with Gasteiger partial charge in [-0.1, -0.05) is 11.6 Å². The minimum absolute atomic E-state index is 0.0559. The molecule has 0 saturated carbocycles. The molecule has 0 amide bonds. The first-order chi connectivity index (χ1) is 6.66. The third-order valence-electron chi connectivity index (χ3n) is 1.72. The van der Waals surface area contributed by atoms with Crippen molar-refractivity contribution in [2.45, 2.75) is 0 Å². The van der Waals surface area contributed by atoms with Crippen LogP contribution in [0.1, 0.15) is 0 Å². The fourth-order valence-electron chi connectivity index (χ4n) is 1.10. The number of rotatable bonds is 1. The number of aromatic nitrogens is 1. The van der Waals surface area contributed by atoms with Crippen LogP contribution in [0.25, 0.3) is 11.3 Å². The lowest BCUT2D eigenvalue weighted by molar-refractivity contribution is 0.594. The van der Waals surface area contributed by atoms with Crippen molar-refractivity contribution in [3.8, 4) is 11.3 Å². The molecule has 2 N–H and O–H groups in total. The molecule has 0 radical (unpaired) electrons. The van der Waals surface area contributed by atoms with Crippen LogP contribution < -0.4 is 5.73 Å². The number of nitrogens with two attached hydrogens (primary N) is 1. The summed E-state index contributed by atoms with van der Waals surface area (Å²) in [5.41, 5.74) is 5.87. The summed E-state index contributed by atoms with van der Waals surface area (Å²) >= 11 is 5.80. The second-order valence-corrected chi connectivity index (χ2v) is 3.09. The fourth-order valence-corrected chi connectivity index (χ4v) is 1.36. The highest BCUT2D eigenvalue weighted by Gasteiger charge is 2.08. The van der Waals surface area contributed by atoms with Crippen molar-refractivity contribution in [1.29, 1.82) is 0 Å².